The van der Waals surface area contributed by atoms with Gasteiger partial charge in [0.15, 0.2) is 11.6 Å². The Kier molecular flexibility index (Phi) is 5.85. The molecule has 0 spiro atoms. The van der Waals surface area contributed by atoms with E-state index in [0.29, 0.717) is 24.6 Å². The molecule has 1 N–H and O–H groups in total. The Bertz CT molecular complexity index is 615. The number of nitrogens with zero attached hydrogens (tertiary/aromatic N) is 1. The lowest BCUT2D eigenvalue weighted by Crippen LogP contribution is -2.52. The fraction of sp³-hybridized carbons (Fsp3) is 0.700. The topological polar surface area (TPSA) is 41.9 Å². The number of halogens is 2. The first-order chi connectivity index (χ1) is 12.3. The highest BCUT2D eigenvalue weighted by Crippen LogP contribution is 2.37. The Morgan fingerprint density at radius 1 is 1.23 bits per heavy atom. The van der Waals surface area contributed by atoms with Crippen LogP contribution in [-0.2, 0) is 4.74 Å². The van der Waals surface area contributed by atoms with Crippen molar-refractivity contribution in [3.05, 3.63) is 29.8 Å². The summed E-state index contributed by atoms with van der Waals surface area (Å²) in [5, 5.41) is 11.0. The van der Waals surface area contributed by atoms with Crippen LogP contribution in [0.2, 0.25) is 0 Å². The minimum atomic E-state index is -1.17. The Morgan fingerprint density at radius 3 is 2.65 bits per heavy atom. The Morgan fingerprint density at radius 2 is 1.96 bits per heavy atom. The Hall–Kier alpha value is -1.24. The quantitative estimate of drug-likeness (QED) is 0.884. The van der Waals surface area contributed by atoms with Gasteiger partial charge in [-0.1, -0.05) is 13.8 Å². The summed E-state index contributed by atoms with van der Waals surface area (Å²) in [6, 6.07) is 3.82. The van der Waals surface area contributed by atoms with Crippen molar-refractivity contribution < 1.29 is 23.4 Å². The van der Waals surface area contributed by atoms with E-state index in [2.05, 4.69) is 18.7 Å². The molecule has 1 atom stereocenters. The monoisotopic (exact) mass is 369 g/mol. The maximum absolute atomic E-state index is 13.3. The Balaban J connectivity index is 1.61. The van der Waals surface area contributed by atoms with Crippen LogP contribution in [0, 0.1) is 17.0 Å². The van der Waals surface area contributed by atoms with Gasteiger partial charge in [-0.05, 0) is 43.2 Å². The molecule has 1 saturated heterocycles. The molecule has 1 saturated carbocycles. The minimum Gasteiger partial charge on any atom is -0.490 e. The number of β-amino-alcohol motifs (C(OH)–C–C–N with tert-alkyl or cyclic N) is 1. The van der Waals surface area contributed by atoms with E-state index in [0.717, 1.165) is 31.5 Å². The number of rotatable bonds is 4. The van der Waals surface area contributed by atoms with Crippen molar-refractivity contribution in [3.8, 4) is 5.75 Å². The van der Waals surface area contributed by atoms with Gasteiger partial charge in [-0.2, -0.15) is 0 Å². The molecule has 1 aromatic rings. The van der Waals surface area contributed by atoms with Crippen LogP contribution in [0.25, 0.3) is 0 Å². The second kappa shape index (κ2) is 7.79. The van der Waals surface area contributed by atoms with E-state index >= 15 is 0 Å². The van der Waals surface area contributed by atoms with Crippen molar-refractivity contribution in [1.82, 2.24) is 4.90 Å². The van der Waals surface area contributed by atoms with E-state index < -0.39 is 17.2 Å². The summed E-state index contributed by atoms with van der Waals surface area (Å²) in [5.41, 5.74) is -0.779. The minimum absolute atomic E-state index is 0.0210. The number of aliphatic hydroxyl groups is 1. The summed E-state index contributed by atoms with van der Waals surface area (Å²) < 4.78 is 37.5. The molecular formula is C20H29F2NO3. The standard InChI is InChI=1S/C20H29F2NO3/c1-19(2)7-5-15(6-8-19)23-9-10-25-13-20(24,12-23)14-26-16-3-4-17(21)18(22)11-16/h3-4,11,15,24H,5-10,12-14H2,1-2H3. The van der Waals surface area contributed by atoms with Gasteiger partial charge in [-0.25, -0.2) is 8.78 Å². The first kappa shape index (κ1) is 19.5. The highest BCUT2D eigenvalue weighted by atomic mass is 19.2. The van der Waals surface area contributed by atoms with Crippen molar-refractivity contribution in [1.29, 1.82) is 0 Å². The van der Waals surface area contributed by atoms with Crippen molar-refractivity contribution >= 4 is 0 Å². The van der Waals surface area contributed by atoms with E-state index in [1.165, 1.54) is 18.9 Å². The number of benzene rings is 1. The van der Waals surface area contributed by atoms with Crippen LogP contribution in [-0.4, -0.2) is 54.6 Å². The molecule has 1 unspecified atom stereocenters. The van der Waals surface area contributed by atoms with E-state index in [4.69, 9.17) is 9.47 Å². The second-order valence-corrected chi connectivity index (χ2v) is 8.51. The zero-order chi connectivity index (χ0) is 18.8. The number of hydrogen-bond acceptors (Lipinski definition) is 4. The van der Waals surface area contributed by atoms with E-state index in [1.807, 2.05) is 0 Å². The number of ether oxygens (including phenoxy) is 2. The van der Waals surface area contributed by atoms with Gasteiger partial charge >= 0.3 is 0 Å². The normalized spacial score (nSPS) is 27.9. The molecule has 1 heterocycles. The molecule has 6 heteroatoms. The van der Waals surface area contributed by atoms with Crippen LogP contribution >= 0.6 is 0 Å². The van der Waals surface area contributed by atoms with Crippen LogP contribution in [0.3, 0.4) is 0 Å². The van der Waals surface area contributed by atoms with Crippen molar-refractivity contribution in [2.75, 3.05) is 32.9 Å². The molecule has 4 nitrogen and oxygen atoms in total. The lowest BCUT2D eigenvalue weighted by molar-refractivity contribution is -0.0692. The van der Waals surface area contributed by atoms with Crippen LogP contribution < -0.4 is 4.74 Å². The molecule has 1 aliphatic carbocycles. The van der Waals surface area contributed by atoms with Gasteiger partial charge in [-0.3, -0.25) is 4.90 Å². The summed E-state index contributed by atoms with van der Waals surface area (Å²) in [6.07, 6.45) is 4.60. The molecule has 0 bridgehead atoms. The van der Waals surface area contributed by atoms with Crippen molar-refractivity contribution in [2.45, 2.75) is 51.2 Å². The molecule has 3 rings (SSSR count). The smallest absolute Gasteiger partial charge is 0.162 e. The predicted molar refractivity (Wildman–Crippen MR) is 95.2 cm³/mol. The van der Waals surface area contributed by atoms with Crippen LogP contribution in [0.4, 0.5) is 8.78 Å². The second-order valence-electron chi connectivity index (χ2n) is 8.51. The summed E-state index contributed by atoms with van der Waals surface area (Å²) in [4.78, 5) is 2.30. The van der Waals surface area contributed by atoms with Gasteiger partial charge in [0, 0.05) is 25.2 Å². The lowest BCUT2D eigenvalue weighted by Gasteiger charge is -2.41. The Labute approximate surface area is 154 Å². The predicted octanol–water partition coefficient (Wildman–Crippen LogP) is 3.38. The lowest BCUT2D eigenvalue weighted by atomic mass is 9.75. The summed E-state index contributed by atoms with van der Waals surface area (Å²) >= 11 is 0. The van der Waals surface area contributed by atoms with E-state index in [-0.39, 0.29) is 19.0 Å². The molecule has 0 amide bonds. The molecule has 2 fully saturated rings. The molecule has 146 valence electrons. The molecule has 2 aliphatic rings. The van der Waals surface area contributed by atoms with Crippen LogP contribution in [0.5, 0.6) is 5.75 Å². The molecule has 0 aromatic heterocycles. The largest absolute Gasteiger partial charge is 0.490 e. The average molecular weight is 369 g/mol. The fourth-order valence-electron chi connectivity index (χ4n) is 3.88. The highest BCUT2D eigenvalue weighted by molar-refractivity contribution is 5.23. The van der Waals surface area contributed by atoms with Gasteiger partial charge in [0.05, 0.1) is 13.2 Å². The SMILES string of the molecule is CC1(C)CCC(N2CCOCC(O)(COc3ccc(F)c(F)c3)C2)CC1. The fourth-order valence-corrected chi connectivity index (χ4v) is 3.88. The van der Waals surface area contributed by atoms with Gasteiger partial charge in [0.25, 0.3) is 0 Å². The zero-order valence-electron chi connectivity index (χ0n) is 15.6. The summed E-state index contributed by atoms with van der Waals surface area (Å²) in [6.45, 7) is 6.59. The molecule has 26 heavy (non-hydrogen) atoms. The molecule has 1 aliphatic heterocycles. The summed E-state index contributed by atoms with van der Waals surface area (Å²) in [7, 11) is 0. The van der Waals surface area contributed by atoms with E-state index in [1.54, 1.807) is 0 Å². The third-order valence-corrected chi connectivity index (χ3v) is 5.61. The zero-order valence-corrected chi connectivity index (χ0v) is 15.6. The summed E-state index contributed by atoms with van der Waals surface area (Å²) in [5.74, 6) is -1.68. The van der Waals surface area contributed by atoms with Crippen LogP contribution in [0.15, 0.2) is 18.2 Å². The maximum atomic E-state index is 13.3. The first-order valence-electron chi connectivity index (χ1n) is 9.38. The van der Waals surface area contributed by atoms with Crippen molar-refractivity contribution in [3.63, 3.8) is 0 Å². The molecule has 1 aromatic carbocycles. The third-order valence-electron chi connectivity index (χ3n) is 5.61. The first-order valence-corrected chi connectivity index (χ1v) is 9.38. The van der Waals surface area contributed by atoms with Gasteiger partial charge in [0.2, 0.25) is 0 Å². The van der Waals surface area contributed by atoms with Crippen molar-refractivity contribution in [2.24, 2.45) is 5.41 Å². The third kappa shape index (κ3) is 4.93. The number of hydrogen-bond donors (Lipinski definition) is 1. The molecular weight excluding hydrogens is 340 g/mol. The highest BCUT2D eigenvalue weighted by Gasteiger charge is 2.38. The molecule has 0 radical (unpaired) electrons. The van der Waals surface area contributed by atoms with E-state index in [9.17, 15) is 13.9 Å². The van der Waals surface area contributed by atoms with Gasteiger partial charge in [-0.15, -0.1) is 0 Å². The van der Waals surface area contributed by atoms with Gasteiger partial charge < -0.3 is 14.6 Å². The average Bonchev–Trinajstić information content (AvgIpc) is 2.78. The van der Waals surface area contributed by atoms with Gasteiger partial charge in [0.1, 0.15) is 18.0 Å². The van der Waals surface area contributed by atoms with Crippen LogP contribution in [0.1, 0.15) is 39.5 Å². The maximum Gasteiger partial charge on any atom is 0.162 e.